The highest BCUT2D eigenvalue weighted by Crippen LogP contribution is 2.31. The number of nitrogens with zero attached hydrogens (tertiary/aromatic N) is 3. The van der Waals surface area contributed by atoms with Gasteiger partial charge in [0.05, 0.1) is 16.0 Å². The van der Waals surface area contributed by atoms with Gasteiger partial charge in [0, 0.05) is 32.4 Å². The number of benzene rings is 2. The second-order valence-electron chi connectivity index (χ2n) is 10.8. The maximum Gasteiger partial charge on any atom is 0.491 e. The summed E-state index contributed by atoms with van der Waals surface area (Å²) in [5.74, 6) is -4.89. The Balaban J connectivity index is 1.61. The van der Waals surface area contributed by atoms with E-state index >= 15 is 0 Å². The molecule has 1 amide bonds. The molecule has 0 radical (unpaired) electrons. The molecule has 17 heteroatoms. The summed E-state index contributed by atoms with van der Waals surface area (Å²) in [4.78, 5) is 41.9. The van der Waals surface area contributed by atoms with Gasteiger partial charge in [0.2, 0.25) is 15.9 Å². The van der Waals surface area contributed by atoms with Crippen molar-refractivity contribution in [3.8, 4) is 0 Å². The third-order valence-electron chi connectivity index (χ3n) is 7.26. The lowest BCUT2D eigenvalue weighted by Crippen LogP contribution is -2.60. The highest BCUT2D eigenvalue weighted by Gasteiger charge is 2.43. The van der Waals surface area contributed by atoms with E-state index < -0.39 is 62.3 Å². The minimum absolute atomic E-state index is 0.00862. The number of nitrogens with one attached hydrogen (secondary N) is 1. The molecule has 1 aliphatic heterocycles. The summed E-state index contributed by atoms with van der Waals surface area (Å²) in [7, 11) is -4.53. The van der Waals surface area contributed by atoms with E-state index in [4.69, 9.17) is 0 Å². The number of rotatable bonds is 8. The van der Waals surface area contributed by atoms with E-state index in [1.54, 1.807) is 12.1 Å². The van der Waals surface area contributed by atoms with Gasteiger partial charge in [0.15, 0.2) is 0 Å². The Hall–Kier alpha value is -4.51. The van der Waals surface area contributed by atoms with Crippen LogP contribution in [0.1, 0.15) is 46.8 Å². The molecule has 2 heterocycles. The first-order valence-corrected chi connectivity index (χ1v) is 15.4. The number of anilines is 1. The average Bonchev–Trinajstić information content (AvgIpc) is 3.02. The molecule has 0 bridgehead atoms. The van der Waals surface area contributed by atoms with Crippen molar-refractivity contribution in [1.29, 1.82) is 0 Å². The van der Waals surface area contributed by atoms with E-state index in [1.807, 2.05) is 26.0 Å². The Kier molecular flexibility index (Phi) is 10.3. The standard InChI is InChI=1S/C30H28F6N4O6S/c1-18(2)20-5-3-19(4-6-20)16-38-26(41)24-17-39(25-15-21(11-12-37-25)27(42)46-28(43)30(34,35)36)13-14-40(24)47(44,45)23-9-7-22(8-10-23)29(31,32)33/h3-12,15,18,24H,13-14,16-17H2,1-2H3,(H,38,41)/t24-/m1/s1. The molecule has 0 spiro atoms. The Morgan fingerprint density at radius 1 is 0.957 bits per heavy atom. The van der Waals surface area contributed by atoms with Gasteiger partial charge in [-0.25, -0.2) is 23.0 Å². The predicted octanol–water partition coefficient (Wildman–Crippen LogP) is 4.67. The summed E-state index contributed by atoms with van der Waals surface area (Å²) in [6.07, 6.45) is -9.08. The zero-order valence-electron chi connectivity index (χ0n) is 24.8. The topological polar surface area (TPSA) is 126 Å². The number of carbonyl (C=O) groups is 3. The van der Waals surface area contributed by atoms with Crippen molar-refractivity contribution >= 4 is 33.7 Å². The van der Waals surface area contributed by atoms with E-state index in [2.05, 4.69) is 15.0 Å². The number of ether oxygens (including phenoxy) is 1. The normalized spacial score (nSPS) is 16.2. The lowest BCUT2D eigenvalue weighted by atomic mass is 10.0. The summed E-state index contributed by atoms with van der Waals surface area (Å²) in [5, 5.41) is 2.68. The summed E-state index contributed by atoms with van der Waals surface area (Å²) in [5.41, 5.74) is 0.214. The van der Waals surface area contributed by atoms with Crippen molar-refractivity contribution in [3.05, 3.63) is 89.1 Å². The van der Waals surface area contributed by atoms with Crippen molar-refractivity contribution in [1.82, 2.24) is 14.6 Å². The molecule has 2 aromatic carbocycles. The van der Waals surface area contributed by atoms with Gasteiger partial charge in [-0.3, -0.25) is 4.79 Å². The lowest BCUT2D eigenvalue weighted by Gasteiger charge is -2.40. The van der Waals surface area contributed by atoms with Crippen LogP contribution in [-0.2, 0) is 37.1 Å². The van der Waals surface area contributed by atoms with E-state index in [0.717, 1.165) is 40.3 Å². The summed E-state index contributed by atoms with van der Waals surface area (Å²) >= 11 is 0. The van der Waals surface area contributed by atoms with Crippen LogP contribution in [0, 0.1) is 0 Å². The second kappa shape index (κ2) is 13.7. The van der Waals surface area contributed by atoms with Gasteiger partial charge < -0.3 is 15.0 Å². The highest BCUT2D eigenvalue weighted by molar-refractivity contribution is 7.89. The van der Waals surface area contributed by atoms with Gasteiger partial charge in [-0.05, 0) is 53.4 Å². The van der Waals surface area contributed by atoms with Crippen molar-refractivity contribution in [2.45, 2.75) is 49.6 Å². The third-order valence-corrected chi connectivity index (χ3v) is 9.18. The first-order chi connectivity index (χ1) is 21.9. The van der Waals surface area contributed by atoms with Crippen LogP contribution in [0.15, 0.2) is 71.8 Å². The number of aromatic nitrogens is 1. The van der Waals surface area contributed by atoms with E-state index in [-0.39, 0.29) is 37.9 Å². The molecule has 0 unspecified atom stereocenters. The van der Waals surface area contributed by atoms with E-state index in [9.17, 15) is 49.1 Å². The van der Waals surface area contributed by atoms with Crippen LogP contribution in [0.4, 0.5) is 32.2 Å². The number of amides is 1. The number of halogens is 6. The molecule has 1 atom stereocenters. The molecular formula is C30H28F6N4O6S. The zero-order valence-corrected chi connectivity index (χ0v) is 25.6. The van der Waals surface area contributed by atoms with Crippen LogP contribution in [0.5, 0.6) is 0 Å². The molecule has 0 saturated carbocycles. The average molecular weight is 687 g/mol. The number of carbonyl (C=O) groups excluding carboxylic acids is 3. The molecule has 47 heavy (non-hydrogen) atoms. The van der Waals surface area contributed by atoms with E-state index in [1.165, 1.54) is 4.90 Å². The molecule has 0 aliphatic carbocycles. The molecule has 4 rings (SSSR count). The molecule has 10 nitrogen and oxygen atoms in total. The Morgan fingerprint density at radius 2 is 1.60 bits per heavy atom. The van der Waals surface area contributed by atoms with Crippen LogP contribution in [0.3, 0.4) is 0 Å². The Bertz CT molecular complexity index is 1730. The minimum Gasteiger partial charge on any atom is -0.383 e. The molecule has 1 N–H and O–H groups in total. The maximum absolute atomic E-state index is 13.7. The Morgan fingerprint density at radius 3 is 2.17 bits per heavy atom. The van der Waals surface area contributed by atoms with E-state index in [0.29, 0.717) is 17.7 Å². The van der Waals surface area contributed by atoms with Crippen molar-refractivity contribution in [2.24, 2.45) is 0 Å². The molecular weight excluding hydrogens is 658 g/mol. The first kappa shape index (κ1) is 35.3. The van der Waals surface area contributed by atoms with Gasteiger partial charge >= 0.3 is 24.3 Å². The zero-order chi connectivity index (χ0) is 34.7. The smallest absolute Gasteiger partial charge is 0.383 e. The monoisotopic (exact) mass is 686 g/mol. The fraction of sp³-hybridized carbons (Fsp3) is 0.333. The van der Waals surface area contributed by atoms with Crippen LogP contribution >= 0.6 is 0 Å². The first-order valence-electron chi connectivity index (χ1n) is 14.0. The predicted molar refractivity (Wildman–Crippen MR) is 154 cm³/mol. The number of esters is 2. The van der Waals surface area contributed by atoms with Gasteiger partial charge in [-0.15, -0.1) is 0 Å². The number of hydrogen-bond donors (Lipinski definition) is 1. The molecule has 1 saturated heterocycles. The van der Waals surface area contributed by atoms with Crippen molar-refractivity contribution in [2.75, 3.05) is 24.5 Å². The minimum atomic E-state index is -5.42. The summed E-state index contributed by atoms with van der Waals surface area (Å²) in [6, 6.07) is 10.7. The largest absolute Gasteiger partial charge is 0.491 e. The van der Waals surface area contributed by atoms with Crippen molar-refractivity contribution < 1.29 is 53.9 Å². The van der Waals surface area contributed by atoms with Crippen LogP contribution < -0.4 is 10.2 Å². The van der Waals surface area contributed by atoms with Gasteiger partial charge in [-0.2, -0.15) is 30.6 Å². The number of sulfonamides is 1. The third kappa shape index (κ3) is 8.45. The molecule has 1 fully saturated rings. The Labute approximate surface area is 265 Å². The number of piperazine rings is 1. The van der Waals surface area contributed by atoms with Gasteiger partial charge in [0.1, 0.15) is 11.9 Å². The van der Waals surface area contributed by atoms with Crippen LogP contribution in [0.2, 0.25) is 0 Å². The van der Waals surface area contributed by atoms with Gasteiger partial charge in [0.25, 0.3) is 0 Å². The molecule has 3 aromatic rings. The molecule has 1 aromatic heterocycles. The quantitative estimate of drug-likeness (QED) is 0.206. The van der Waals surface area contributed by atoms with Crippen molar-refractivity contribution in [3.63, 3.8) is 0 Å². The maximum atomic E-state index is 13.7. The fourth-order valence-electron chi connectivity index (χ4n) is 4.67. The molecule has 252 valence electrons. The molecule has 1 aliphatic rings. The fourth-order valence-corrected chi connectivity index (χ4v) is 6.24. The van der Waals surface area contributed by atoms with Crippen LogP contribution in [-0.4, -0.2) is 67.4 Å². The summed E-state index contributed by atoms with van der Waals surface area (Å²) < 4.78 is 109. The summed E-state index contributed by atoms with van der Waals surface area (Å²) in [6.45, 7) is 3.14. The number of alkyl halides is 6. The second-order valence-corrected chi connectivity index (χ2v) is 12.7. The number of hydrogen-bond acceptors (Lipinski definition) is 8. The highest BCUT2D eigenvalue weighted by atomic mass is 32.2. The lowest BCUT2D eigenvalue weighted by molar-refractivity contribution is -0.193. The SMILES string of the molecule is CC(C)c1ccc(CNC(=O)[C@H]2CN(c3cc(C(=O)OC(=O)C(F)(F)F)ccn3)CCN2S(=O)(=O)c2ccc(C(F)(F)F)cc2)cc1. The number of pyridine rings is 1. The van der Waals surface area contributed by atoms with Gasteiger partial charge in [-0.1, -0.05) is 38.1 Å². The van der Waals surface area contributed by atoms with Crippen LogP contribution in [0.25, 0.3) is 0 Å².